The van der Waals surface area contributed by atoms with E-state index in [1.165, 1.54) is 0 Å². The van der Waals surface area contributed by atoms with Crippen LogP contribution in [0.4, 0.5) is 0 Å². The first-order valence-electron chi connectivity index (χ1n) is 12.6. The molecule has 9 heteroatoms. The van der Waals surface area contributed by atoms with Crippen LogP contribution in [0.2, 0.25) is 0 Å². The van der Waals surface area contributed by atoms with Crippen molar-refractivity contribution in [3.05, 3.63) is 69.1 Å². The summed E-state index contributed by atoms with van der Waals surface area (Å²) in [7, 11) is 0. The van der Waals surface area contributed by atoms with Crippen LogP contribution in [0, 0.1) is 0 Å². The Hall–Kier alpha value is -3.72. The molecule has 4 heterocycles. The smallest absolute Gasteiger partial charge is 0.272 e. The molecule has 3 aliphatic heterocycles. The Morgan fingerprint density at radius 2 is 1.83 bits per heavy atom. The fourth-order valence-electron chi connectivity index (χ4n) is 5.55. The van der Waals surface area contributed by atoms with E-state index in [0.29, 0.717) is 55.9 Å². The average Bonchev–Trinajstić information content (AvgIpc) is 3.62. The van der Waals surface area contributed by atoms with Gasteiger partial charge >= 0.3 is 0 Å². The van der Waals surface area contributed by atoms with E-state index in [1.54, 1.807) is 6.07 Å². The molecule has 0 spiro atoms. The number of amides is 2. The van der Waals surface area contributed by atoms with E-state index >= 15 is 0 Å². The predicted molar refractivity (Wildman–Crippen MR) is 134 cm³/mol. The van der Waals surface area contributed by atoms with E-state index in [1.807, 2.05) is 34.1 Å². The van der Waals surface area contributed by atoms with Crippen LogP contribution >= 0.6 is 0 Å². The van der Waals surface area contributed by atoms with Gasteiger partial charge in [-0.25, -0.2) is 5.10 Å². The van der Waals surface area contributed by atoms with Crippen LogP contribution in [0.25, 0.3) is 10.8 Å². The summed E-state index contributed by atoms with van der Waals surface area (Å²) in [5, 5.41) is 11.6. The first-order valence-corrected chi connectivity index (χ1v) is 12.6. The molecule has 36 heavy (non-hydrogen) atoms. The summed E-state index contributed by atoms with van der Waals surface area (Å²) in [6.07, 6.45) is 3.15. The lowest BCUT2D eigenvalue weighted by Crippen LogP contribution is -2.54. The fourth-order valence-corrected chi connectivity index (χ4v) is 5.55. The van der Waals surface area contributed by atoms with E-state index in [-0.39, 0.29) is 23.4 Å². The molecule has 0 bridgehead atoms. The molecule has 1 aromatic heterocycles. The van der Waals surface area contributed by atoms with Gasteiger partial charge in [0.2, 0.25) is 5.91 Å². The number of benzene rings is 2. The van der Waals surface area contributed by atoms with Crippen molar-refractivity contribution in [2.24, 2.45) is 0 Å². The van der Waals surface area contributed by atoms with Gasteiger partial charge in [0.15, 0.2) is 0 Å². The van der Waals surface area contributed by atoms with Crippen molar-refractivity contribution in [2.75, 3.05) is 39.3 Å². The van der Waals surface area contributed by atoms with Crippen molar-refractivity contribution >= 4 is 22.6 Å². The first kappa shape index (κ1) is 22.7. The van der Waals surface area contributed by atoms with E-state index in [9.17, 15) is 14.4 Å². The SMILES string of the molecule is O=C(c1cc(Cc2n[nH]c(=O)c3ccccc23)cc2c1OCC2)N1CCN(C(=O)[C@@H]2CCCN2)CC1. The third-order valence-corrected chi connectivity index (χ3v) is 7.46. The third kappa shape index (κ3) is 4.13. The number of hydrogen-bond donors (Lipinski definition) is 2. The lowest BCUT2D eigenvalue weighted by molar-refractivity contribution is -0.134. The Balaban J connectivity index is 1.23. The highest BCUT2D eigenvalue weighted by Gasteiger charge is 2.32. The molecule has 2 saturated heterocycles. The van der Waals surface area contributed by atoms with Crippen molar-refractivity contribution in [3.8, 4) is 5.75 Å². The zero-order valence-electron chi connectivity index (χ0n) is 20.1. The van der Waals surface area contributed by atoms with Crippen LogP contribution in [0.15, 0.2) is 41.2 Å². The maximum absolute atomic E-state index is 13.6. The summed E-state index contributed by atoms with van der Waals surface area (Å²) < 4.78 is 5.88. The van der Waals surface area contributed by atoms with Crippen LogP contribution in [0.3, 0.4) is 0 Å². The largest absolute Gasteiger partial charge is 0.492 e. The minimum atomic E-state index is -0.214. The van der Waals surface area contributed by atoms with Crippen molar-refractivity contribution in [1.29, 1.82) is 0 Å². The zero-order valence-corrected chi connectivity index (χ0v) is 20.1. The number of fused-ring (bicyclic) bond motifs is 2. The van der Waals surface area contributed by atoms with Crippen LogP contribution in [-0.2, 0) is 17.6 Å². The van der Waals surface area contributed by atoms with Crippen LogP contribution in [0.1, 0.15) is 40.0 Å². The Morgan fingerprint density at radius 3 is 2.61 bits per heavy atom. The lowest BCUT2D eigenvalue weighted by Gasteiger charge is -2.36. The van der Waals surface area contributed by atoms with E-state index in [4.69, 9.17) is 4.74 Å². The molecular formula is C27H29N5O4. The number of rotatable bonds is 4. The number of carbonyl (C=O) groups excluding carboxylic acids is 2. The minimum Gasteiger partial charge on any atom is -0.492 e. The van der Waals surface area contributed by atoms with Gasteiger partial charge in [0.1, 0.15) is 5.75 Å². The minimum absolute atomic E-state index is 0.0691. The summed E-state index contributed by atoms with van der Waals surface area (Å²) in [5.74, 6) is 0.739. The first-order chi connectivity index (χ1) is 17.6. The number of ether oxygens (including phenoxy) is 1. The Labute approximate surface area is 208 Å². The quantitative estimate of drug-likeness (QED) is 0.577. The maximum Gasteiger partial charge on any atom is 0.272 e. The molecule has 2 amide bonds. The molecule has 0 aliphatic carbocycles. The van der Waals surface area contributed by atoms with E-state index in [2.05, 4.69) is 21.6 Å². The number of H-pyrrole nitrogens is 1. The van der Waals surface area contributed by atoms with Crippen LogP contribution in [0.5, 0.6) is 5.75 Å². The van der Waals surface area contributed by atoms with Gasteiger partial charge in [-0.2, -0.15) is 5.10 Å². The summed E-state index contributed by atoms with van der Waals surface area (Å²) in [4.78, 5) is 42.2. The summed E-state index contributed by atoms with van der Waals surface area (Å²) >= 11 is 0. The topological polar surface area (TPSA) is 108 Å². The second kappa shape index (κ2) is 9.39. The van der Waals surface area contributed by atoms with Crippen molar-refractivity contribution in [1.82, 2.24) is 25.3 Å². The monoisotopic (exact) mass is 487 g/mol. The molecule has 0 saturated carbocycles. The van der Waals surface area contributed by atoms with E-state index in [0.717, 1.165) is 48.0 Å². The second-order valence-corrected chi connectivity index (χ2v) is 9.72. The highest BCUT2D eigenvalue weighted by atomic mass is 16.5. The highest BCUT2D eigenvalue weighted by Crippen LogP contribution is 2.33. The number of nitrogens with one attached hydrogen (secondary N) is 2. The lowest BCUT2D eigenvalue weighted by atomic mass is 9.98. The van der Waals surface area contributed by atoms with E-state index < -0.39 is 0 Å². The van der Waals surface area contributed by atoms with Gasteiger partial charge < -0.3 is 19.9 Å². The van der Waals surface area contributed by atoms with Gasteiger partial charge in [-0.15, -0.1) is 0 Å². The number of piperazine rings is 1. The number of hydrogen-bond acceptors (Lipinski definition) is 6. The molecule has 186 valence electrons. The molecule has 3 aliphatic rings. The molecule has 3 aromatic rings. The normalized spacial score (nSPS) is 19.4. The molecule has 2 N–H and O–H groups in total. The van der Waals surface area contributed by atoms with Crippen LogP contribution < -0.4 is 15.6 Å². The van der Waals surface area contributed by atoms with Crippen molar-refractivity contribution in [3.63, 3.8) is 0 Å². The van der Waals surface area contributed by atoms with Crippen LogP contribution in [-0.4, -0.2) is 77.2 Å². The molecule has 2 aromatic carbocycles. The Bertz CT molecular complexity index is 1390. The third-order valence-electron chi connectivity index (χ3n) is 7.46. The number of carbonyl (C=O) groups is 2. The average molecular weight is 488 g/mol. The summed E-state index contributed by atoms with van der Waals surface area (Å²) in [6, 6.07) is 11.3. The van der Waals surface area contributed by atoms with Gasteiger partial charge in [-0.1, -0.05) is 24.3 Å². The highest BCUT2D eigenvalue weighted by molar-refractivity contribution is 5.98. The predicted octanol–water partition coefficient (Wildman–Crippen LogP) is 1.49. The molecule has 6 rings (SSSR count). The molecule has 9 nitrogen and oxygen atoms in total. The zero-order chi connectivity index (χ0) is 24.6. The maximum atomic E-state index is 13.6. The van der Waals surface area contributed by atoms with Crippen molar-refractivity contribution < 1.29 is 14.3 Å². The van der Waals surface area contributed by atoms with Gasteiger partial charge in [0, 0.05) is 44.4 Å². The molecule has 1 atom stereocenters. The van der Waals surface area contributed by atoms with Crippen molar-refractivity contribution in [2.45, 2.75) is 31.7 Å². The van der Waals surface area contributed by atoms with Gasteiger partial charge in [0.05, 0.1) is 29.3 Å². The standard InChI is InChI=1S/C27H29N5O4/c33-25-20-5-2-1-4-19(20)23(29-30-25)16-17-14-18-7-13-36-24(18)21(15-17)26(34)31-9-11-32(12-10-31)27(35)22-6-3-8-28-22/h1-2,4-5,14-15,22,28H,3,6-13,16H2,(H,30,33)/t22-/m0/s1. The second-order valence-electron chi connectivity index (χ2n) is 9.72. The fraction of sp³-hybridized carbons (Fsp3) is 0.407. The molecular weight excluding hydrogens is 458 g/mol. The number of aromatic nitrogens is 2. The molecule has 0 radical (unpaired) electrons. The van der Waals surface area contributed by atoms with Gasteiger partial charge in [0.25, 0.3) is 11.5 Å². The van der Waals surface area contributed by atoms with Gasteiger partial charge in [-0.05, 0) is 42.6 Å². The molecule has 0 unspecified atom stereocenters. The number of aromatic amines is 1. The Kier molecular flexibility index (Phi) is 5.92. The number of nitrogens with zero attached hydrogens (tertiary/aromatic N) is 3. The molecule has 2 fully saturated rings. The Morgan fingerprint density at radius 1 is 1.06 bits per heavy atom. The van der Waals surface area contributed by atoms with Gasteiger partial charge in [-0.3, -0.25) is 14.4 Å². The summed E-state index contributed by atoms with van der Waals surface area (Å²) in [5.41, 5.74) is 3.08. The summed E-state index contributed by atoms with van der Waals surface area (Å²) in [6.45, 7) is 3.53.